The van der Waals surface area contributed by atoms with Crippen LogP contribution in [0.3, 0.4) is 0 Å². The first kappa shape index (κ1) is 10.6. The average molecular weight is 258 g/mol. The van der Waals surface area contributed by atoms with Crippen LogP contribution in [0.2, 0.25) is 0 Å². The van der Waals surface area contributed by atoms with Crippen molar-refractivity contribution in [2.24, 2.45) is 0 Å². The average Bonchev–Trinajstić information content (AvgIpc) is 3.02. The minimum Gasteiger partial charge on any atom is -0.354 e. The summed E-state index contributed by atoms with van der Waals surface area (Å²) in [6.07, 6.45) is 4.52. The van der Waals surface area contributed by atoms with Crippen LogP contribution in [0.15, 0.2) is 60.7 Å². The lowest BCUT2D eigenvalue weighted by molar-refractivity contribution is 0.0122. The van der Waals surface area contributed by atoms with Crippen molar-refractivity contribution in [2.75, 3.05) is 0 Å². The van der Waals surface area contributed by atoms with Crippen molar-refractivity contribution < 1.29 is 4.74 Å². The molecule has 0 aromatic heterocycles. The van der Waals surface area contributed by atoms with Crippen LogP contribution in [-0.2, 0) is 10.3 Å². The molecule has 20 heavy (non-hydrogen) atoms. The molecule has 2 atom stereocenters. The molecule has 1 heteroatoms. The lowest BCUT2D eigenvalue weighted by Gasteiger charge is -2.21. The maximum atomic E-state index is 6.24. The molecule has 0 saturated carbocycles. The molecule has 0 saturated heterocycles. The second-order valence-electron chi connectivity index (χ2n) is 5.88. The van der Waals surface area contributed by atoms with Crippen LogP contribution in [0.25, 0.3) is 21.5 Å². The quantitative estimate of drug-likeness (QED) is 0.414. The van der Waals surface area contributed by atoms with Crippen molar-refractivity contribution >= 4 is 21.5 Å². The Kier molecular flexibility index (Phi) is 1.76. The van der Waals surface area contributed by atoms with Crippen LogP contribution in [-0.4, -0.2) is 0 Å². The zero-order chi connectivity index (χ0) is 13.3. The first-order chi connectivity index (χ1) is 9.78. The molecule has 2 bridgehead atoms. The minimum atomic E-state index is -0.260. The van der Waals surface area contributed by atoms with E-state index in [1.807, 2.05) is 0 Å². The van der Waals surface area contributed by atoms with Crippen LogP contribution in [0, 0.1) is 0 Å². The van der Waals surface area contributed by atoms with E-state index in [2.05, 4.69) is 67.6 Å². The Hall–Kier alpha value is -2.12. The monoisotopic (exact) mass is 258 g/mol. The molecular formula is C19H14O. The minimum absolute atomic E-state index is 0.115. The Morgan fingerprint density at radius 2 is 1.45 bits per heavy atom. The molecule has 2 unspecified atom stereocenters. The summed E-state index contributed by atoms with van der Waals surface area (Å²) in [5.41, 5.74) is 2.47. The predicted molar refractivity (Wildman–Crippen MR) is 81.8 cm³/mol. The number of benzene rings is 3. The smallest absolute Gasteiger partial charge is 0.111 e. The van der Waals surface area contributed by atoms with Crippen LogP contribution >= 0.6 is 0 Å². The molecule has 0 radical (unpaired) electrons. The number of ether oxygens (including phenoxy) is 1. The highest BCUT2D eigenvalue weighted by atomic mass is 16.5. The molecule has 2 aliphatic rings. The zero-order valence-electron chi connectivity index (χ0n) is 11.3. The highest BCUT2D eigenvalue weighted by Crippen LogP contribution is 2.55. The Balaban J connectivity index is 2.12. The Labute approximate surface area is 117 Å². The predicted octanol–water partition coefficient (Wildman–Crippen LogP) is 4.85. The van der Waals surface area contributed by atoms with Gasteiger partial charge < -0.3 is 4.74 Å². The fourth-order valence-corrected chi connectivity index (χ4v) is 3.91. The van der Waals surface area contributed by atoms with Gasteiger partial charge in [0.15, 0.2) is 0 Å². The van der Waals surface area contributed by atoms with E-state index >= 15 is 0 Å². The summed E-state index contributed by atoms with van der Waals surface area (Å²) < 4.78 is 6.24. The highest BCUT2D eigenvalue weighted by Gasteiger charge is 2.45. The summed E-state index contributed by atoms with van der Waals surface area (Å²) in [4.78, 5) is 0. The van der Waals surface area contributed by atoms with Gasteiger partial charge in [-0.05, 0) is 40.1 Å². The van der Waals surface area contributed by atoms with Gasteiger partial charge in [0.2, 0.25) is 0 Å². The second-order valence-corrected chi connectivity index (χ2v) is 5.88. The molecule has 2 aliphatic heterocycles. The van der Waals surface area contributed by atoms with Crippen molar-refractivity contribution in [3.05, 3.63) is 71.8 Å². The van der Waals surface area contributed by atoms with Gasteiger partial charge in [0.05, 0.1) is 0 Å². The molecule has 1 nitrogen and oxygen atoms in total. The molecule has 0 amide bonds. The number of hydrogen-bond donors (Lipinski definition) is 0. The van der Waals surface area contributed by atoms with Crippen LogP contribution in [0.5, 0.6) is 0 Å². The van der Waals surface area contributed by atoms with E-state index in [1.54, 1.807) is 0 Å². The molecule has 3 aromatic carbocycles. The van der Waals surface area contributed by atoms with Gasteiger partial charge >= 0.3 is 0 Å². The van der Waals surface area contributed by atoms with Gasteiger partial charge in [0.25, 0.3) is 0 Å². The highest BCUT2D eigenvalue weighted by molar-refractivity contribution is 6.11. The first-order valence-corrected chi connectivity index (χ1v) is 7.09. The summed E-state index contributed by atoms with van der Waals surface area (Å²) in [6.45, 7) is 2.18. The van der Waals surface area contributed by atoms with Crippen molar-refractivity contribution in [3.63, 3.8) is 0 Å². The molecule has 3 aromatic rings. The SMILES string of the molecule is CC12C=CC(O1)c1c2c2ccccc2c2ccccc12. The standard InChI is InChI=1S/C19H14O/c1-19-11-10-16(20-19)17-14-8-4-2-6-12(14)13-7-3-5-9-15(13)18(17)19/h2-11,16H,1H3. The Morgan fingerprint density at radius 1 is 0.850 bits per heavy atom. The van der Waals surface area contributed by atoms with E-state index in [0.717, 1.165) is 0 Å². The van der Waals surface area contributed by atoms with Gasteiger partial charge in [-0.2, -0.15) is 0 Å². The molecule has 0 spiro atoms. The van der Waals surface area contributed by atoms with E-state index in [4.69, 9.17) is 4.74 Å². The third kappa shape index (κ3) is 1.09. The van der Waals surface area contributed by atoms with Crippen LogP contribution in [0.4, 0.5) is 0 Å². The molecule has 5 rings (SSSR count). The fourth-order valence-electron chi connectivity index (χ4n) is 3.91. The van der Waals surface area contributed by atoms with Gasteiger partial charge in [0, 0.05) is 5.56 Å². The lowest BCUT2D eigenvalue weighted by atomic mass is 9.81. The number of rotatable bonds is 0. The third-order valence-electron chi connectivity index (χ3n) is 4.71. The van der Waals surface area contributed by atoms with Gasteiger partial charge in [-0.3, -0.25) is 0 Å². The maximum absolute atomic E-state index is 6.24. The normalized spacial score (nSPS) is 26.6. The van der Waals surface area contributed by atoms with E-state index in [1.165, 1.54) is 32.7 Å². The number of hydrogen-bond acceptors (Lipinski definition) is 1. The summed E-state index contributed by atoms with van der Waals surface area (Å²) in [6, 6.07) is 17.4. The largest absolute Gasteiger partial charge is 0.354 e. The Morgan fingerprint density at radius 3 is 2.20 bits per heavy atom. The lowest BCUT2D eigenvalue weighted by Crippen LogP contribution is -2.15. The van der Waals surface area contributed by atoms with Crippen molar-refractivity contribution in [2.45, 2.75) is 18.6 Å². The van der Waals surface area contributed by atoms with Crippen molar-refractivity contribution in [1.29, 1.82) is 0 Å². The molecular weight excluding hydrogens is 244 g/mol. The van der Waals surface area contributed by atoms with E-state index in [0.29, 0.717) is 0 Å². The van der Waals surface area contributed by atoms with Gasteiger partial charge in [-0.15, -0.1) is 0 Å². The molecule has 0 aliphatic carbocycles. The van der Waals surface area contributed by atoms with Gasteiger partial charge in [0.1, 0.15) is 11.7 Å². The first-order valence-electron chi connectivity index (χ1n) is 7.09. The second kappa shape index (κ2) is 3.31. The zero-order valence-corrected chi connectivity index (χ0v) is 11.3. The summed E-state index contributed by atoms with van der Waals surface area (Å²) >= 11 is 0. The Bertz CT molecular complexity index is 906. The summed E-state index contributed by atoms with van der Waals surface area (Å²) in [7, 11) is 0. The summed E-state index contributed by atoms with van der Waals surface area (Å²) in [5, 5.41) is 5.32. The molecule has 96 valence electrons. The number of fused-ring (bicyclic) bond motifs is 10. The summed E-state index contributed by atoms with van der Waals surface area (Å²) in [5.74, 6) is 0. The van der Waals surface area contributed by atoms with E-state index < -0.39 is 0 Å². The topological polar surface area (TPSA) is 9.23 Å². The van der Waals surface area contributed by atoms with E-state index in [9.17, 15) is 0 Å². The van der Waals surface area contributed by atoms with Crippen LogP contribution < -0.4 is 0 Å². The molecule has 0 N–H and O–H groups in total. The third-order valence-corrected chi connectivity index (χ3v) is 4.71. The molecule has 2 heterocycles. The van der Waals surface area contributed by atoms with E-state index in [-0.39, 0.29) is 11.7 Å². The van der Waals surface area contributed by atoms with Gasteiger partial charge in [-0.1, -0.05) is 54.6 Å². The van der Waals surface area contributed by atoms with Crippen molar-refractivity contribution in [3.8, 4) is 0 Å². The van der Waals surface area contributed by atoms with Crippen LogP contribution in [0.1, 0.15) is 24.2 Å². The van der Waals surface area contributed by atoms with Crippen molar-refractivity contribution in [1.82, 2.24) is 0 Å². The maximum Gasteiger partial charge on any atom is 0.111 e. The molecule has 0 fully saturated rings. The van der Waals surface area contributed by atoms with Gasteiger partial charge in [-0.25, -0.2) is 0 Å². The fraction of sp³-hybridized carbons (Fsp3) is 0.158.